The monoisotopic (exact) mass is 323 g/mol. The Hall–Kier alpha value is 0.0800. The van der Waals surface area contributed by atoms with Crippen molar-refractivity contribution in [1.29, 1.82) is 0 Å². The molecule has 0 saturated carbocycles. The Balaban J connectivity index is 2.71. The molecule has 4 heteroatoms. The van der Waals surface area contributed by atoms with Crippen LogP contribution in [0.25, 0.3) is 0 Å². The van der Waals surface area contributed by atoms with Crippen LogP contribution in [0.2, 0.25) is 10.0 Å². The highest BCUT2D eigenvalue weighted by atomic mass is 79.9. The Morgan fingerprint density at radius 3 is 2.38 bits per heavy atom. The number of rotatable bonds is 5. The normalized spacial score (nSPS) is 10.9. The Kier molecular flexibility index (Phi) is 5.95. The van der Waals surface area contributed by atoms with E-state index in [-0.39, 0.29) is 0 Å². The topological polar surface area (TPSA) is 12.0 Å². The van der Waals surface area contributed by atoms with E-state index >= 15 is 0 Å². The Bertz CT molecular complexity index is 351. The van der Waals surface area contributed by atoms with Crippen molar-refractivity contribution in [3.63, 3.8) is 0 Å². The molecule has 1 nitrogen and oxygen atoms in total. The molecule has 1 N–H and O–H groups in total. The largest absolute Gasteiger partial charge is 0.384 e. The van der Waals surface area contributed by atoms with Crippen LogP contribution in [0.4, 0.5) is 5.69 Å². The zero-order valence-corrected chi connectivity index (χ0v) is 12.6. The summed E-state index contributed by atoms with van der Waals surface area (Å²) in [5, 5.41) is 4.50. The van der Waals surface area contributed by atoms with Crippen LogP contribution in [0, 0.1) is 5.92 Å². The zero-order chi connectivity index (χ0) is 12.1. The van der Waals surface area contributed by atoms with E-state index in [1.165, 1.54) is 12.8 Å². The third-order valence-electron chi connectivity index (χ3n) is 2.77. The molecule has 0 unspecified atom stereocenters. The second kappa shape index (κ2) is 6.73. The van der Waals surface area contributed by atoms with Gasteiger partial charge in [0.25, 0.3) is 0 Å². The number of nitrogens with one attached hydrogen (secondary N) is 1. The van der Waals surface area contributed by atoms with E-state index in [9.17, 15) is 0 Å². The molecule has 0 spiro atoms. The first kappa shape index (κ1) is 14.1. The average Bonchev–Trinajstić information content (AvgIpc) is 2.30. The molecule has 0 fully saturated rings. The molecule has 1 rings (SSSR count). The Morgan fingerprint density at radius 1 is 1.19 bits per heavy atom. The fourth-order valence-corrected chi connectivity index (χ4v) is 2.34. The minimum absolute atomic E-state index is 0.566. The summed E-state index contributed by atoms with van der Waals surface area (Å²) in [4.78, 5) is 0. The van der Waals surface area contributed by atoms with Crippen molar-refractivity contribution in [3.05, 3.63) is 26.7 Å². The van der Waals surface area contributed by atoms with Crippen LogP contribution in [0.3, 0.4) is 0 Å². The molecule has 1 aromatic rings. The van der Waals surface area contributed by atoms with Crippen molar-refractivity contribution < 1.29 is 0 Å². The maximum atomic E-state index is 6.14. The van der Waals surface area contributed by atoms with E-state index in [1.807, 2.05) is 12.1 Å². The van der Waals surface area contributed by atoms with Gasteiger partial charge in [0.15, 0.2) is 0 Å². The van der Waals surface area contributed by atoms with Gasteiger partial charge in [0.05, 0.1) is 15.7 Å². The highest BCUT2D eigenvalue weighted by molar-refractivity contribution is 9.10. The Labute approximate surface area is 116 Å². The first-order valence-electron chi connectivity index (χ1n) is 5.47. The Morgan fingerprint density at radius 2 is 1.81 bits per heavy atom. The molecule has 90 valence electrons. The SMILES string of the molecule is CCC(CC)CNc1ccc(Br)c(Cl)c1Cl. The van der Waals surface area contributed by atoms with Crippen LogP contribution in [-0.4, -0.2) is 6.54 Å². The van der Waals surface area contributed by atoms with E-state index < -0.39 is 0 Å². The maximum absolute atomic E-state index is 6.14. The lowest BCUT2D eigenvalue weighted by atomic mass is 10.0. The summed E-state index contributed by atoms with van der Waals surface area (Å²) in [5.41, 5.74) is 0.904. The van der Waals surface area contributed by atoms with Crippen molar-refractivity contribution in [2.45, 2.75) is 26.7 Å². The summed E-state index contributed by atoms with van der Waals surface area (Å²) in [6.07, 6.45) is 2.34. The molecule has 0 amide bonds. The van der Waals surface area contributed by atoms with Crippen molar-refractivity contribution in [3.8, 4) is 0 Å². The van der Waals surface area contributed by atoms with Crippen molar-refractivity contribution >= 4 is 44.8 Å². The van der Waals surface area contributed by atoms with Crippen LogP contribution < -0.4 is 5.32 Å². The van der Waals surface area contributed by atoms with Crippen LogP contribution >= 0.6 is 39.1 Å². The van der Waals surface area contributed by atoms with Crippen LogP contribution in [0.15, 0.2) is 16.6 Å². The number of hydrogen-bond acceptors (Lipinski definition) is 1. The highest BCUT2D eigenvalue weighted by Crippen LogP contribution is 2.35. The highest BCUT2D eigenvalue weighted by Gasteiger charge is 2.09. The van der Waals surface area contributed by atoms with Gasteiger partial charge >= 0.3 is 0 Å². The van der Waals surface area contributed by atoms with Crippen molar-refractivity contribution in [1.82, 2.24) is 0 Å². The quantitative estimate of drug-likeness (QED) is 0.695. The van der Waals surface area contributed by atoms with Gasteiger partial charge in [-0.25, -0.2) is 0 Å². The molecule has 0 atom stereocenters. The minimum atomic E-state index is 0.566. The van der Waals surface area contributed by atoms with Gasteiger partial charge < -0.3 is 5.32 Å². The lowest BCUT2D eigenvalue weighted by molar-refractivity contribution is 0.519. The van der Waals surface area contributed by atoms with Crippen LogP contribution in [0.5, 0.6) is 0 Å². The fraction of sp³-hybridized carbons (Fsp3) is 0.500. The molecule has 0 radical (unpaired) electrons. The smallest absolute Gasteiger partial charge is 0.0835 e. The molecule has 1 aromatic carbocycles. The van der Waals surface area contributed by atoms with Gasteiger partial charge in [-0.2, -0.15) is 0 Å². The van der Waals surface area contributed by atoms with E-state index in [1.54, 1.807) is 0 Å². The maximum Gasteiger partial charge on any atom is 0.0835 e. The molecule has 16 heavy (non-hydrogen) atoms. The second-order valence-corrected chi connectivity index (χ2v) is 5.40. The standard InChI is InChI=1S/C12H16BrCl2N/c1-3-8(4-2)7-16-10-6-5-9(13)11(14)12(10)15/h5-6,8,16H,3-4,7H2,1-2H3. The molecule has 0 aliphatic carbocycles. The predicted molar refractivity (Wildman–Crippen MR) is 76.7 cm³/mol. The molecule has 0 aliphatic rings. The summed E-state index contributed by atoms with van der Waals surface area (Å²) in [6.45, 7) is 5.34. The van der Waals surface area contributed by atoms with Gasteiger partial charge in [-0.3, -0.25) is 0 Å². The first-order chi connectivity index (χ1) is 7.60. The second-order valence-electron chi connectivity index (χ2n) is 3.79. The van der Waals surface area contributed by atoms with Gasteiger partial charge in [-0.1, -0.05) is 49.9 Å². The van der Waals surface area contributed by atoms with Gasteiger partial charge in [-0.05, 0) is 34.0 Å². The lowest BCUT2D eigenvalue weighted by Gasteiger charge is -2.16. The summed E-state index contributed by atoms with van der Waals surface area (Å²) in [5.74, 6) is 0.679. The van der Waals surface area contributed by atoms with Gasteiger partial charge in [-0.15, -0.1) is 0 Å². The minimum Gasteiger partial charge on any atom is -0.384 e. The summed E-state index contributed by atoms with van der Waals surface area (Å²) >= 11 is 15.5. The molecule has 0 bridgehead atoms. The predicted octanol–water partition coefficient (Wildman–Crippen LogP) is 5.60. The summed E-state index contributed by atoms with van der Waals surface area (Å²) in [6, 6.07) is 3.85. The first-order valence-corrected chi connectivity index (χ1v) is 7.02. The third kappa shape index (κ3) is 3.54. The van der Waals surface area contributed by atoms with Crippen LogP contribution in [-0.2, 0) is 0 Å². The molecular formula is C12H16BrCl2N. The number of hydrogen-bond donors (Lipinski definition) is 1. The molecule has 0 aromatic heterocycles. The van der Waals surface area contributed by atoms with E-state index in [4.69, 9.17) is 23.2 Å². The molecular weight excluding hydrogens is 309 g/mol. The summed E-state index contributed by atoms with van der Waals surface area (Å²) < 4.78 is 0.826. The van der Waals surface area contributed by atoms with Crippen LogP contribution in [0.1, 0.15) is 26.7 Å². The number of anilines is 1. The third-order valence-corrected chi connectivity index (χ3v) is 4.54. The summed E-state index contributed by atoms with van der Waals surface area (Å²) in [7, 11) is 0. The van der Waals surface area contributed by atoms with E-state index in [0.717, 1.165) is 16.7 Å². The van der Waals surface area contributed by atoms with Gasteiger partial charge in [0.1, 0.15) is 0 Å². The zero-order valence-electron chi connectivity index (χ0n) is 9.49. The molecule has 0 heterocycles. The average molecular weight is 325 g/mol. The number of halogens is 3. The van der Waals surface area contributed by atoms with Crippen molar-refractivity contribution in [2.75, 3.05) is 11.9 Å². The van der Waals surface area contributed by atoms with E-state index in [0.29, 0.717) is 16.0 Å². The lowest BCUT2D eigenvalue weighted by Crippen LogP contribution is -2.12. The van der Waals surface area contributed by atoms with Gasteiger partial charge in [0, 0.05) is 11.0 Å². The number of benzene rings is 1. The van der Waals surface area contributed by atoms with E-state index in [2.05, 4.69) is 35.1 Å². The fourth-order valence-electron chi connectivity index (χ4n) is 1.49. The molecule has 0 saturated heterocycles. The molecule has 0 aliphatic heterocycles. The van der Waals surface area contributed by atoms with Crippen molar-refractivity contribution in [2.24, 2.45) is 5.92 Å². The van der Waals surface area contributed by atoms with Gasteiger partial charge in [0.2, 0.25) is 0 Å².